The first-order valence-corrected chi connectivity index (χ1v) is 8.75. The van der Waals surface area contributed by atoms with Crippen molar-refractivity contribution in [1.82, 2.24) is 0 Å². The van der Waals surface area contributed by atoms with E-state index in [1.807, 2.05) is 36.4 Å². The molecule has 0 heterocycles. The maximum atomic E-state index is 12.9. The third kappa shape index (κ3) is 4.68. The zero-order valence-corrected chi connectivity index (χ0v) is 15.8. The van der Waals surface area contributed by atoms with Crippen LogP contribution in [-0.4, -0.2) is 20.2 Å². The fourth-order valence-electron chi connectivity index (χ4n) is 2.84. The summed E-state index contributed by atoms with van der Waals surface area (Å²) in [6.45, 7) is 0. The van der Waals surface area contributed by atoms with Crippen LogP contribution < -0.4 is 15.0 Å². The van der Waals surface area contributed by atoms with Crippen LogP contribution in [0.15, 0.2) is 72.8 Å². The summed E-state index contributed by atoms with van der Waals surface area (Å²) in [5.74, 6) is 0.576. The maximum Gasteiger partial charge on any atom is 0.416 e. The highest BCUT2D eigenvalue weighted by molar-refractivity contribution is 6.01. The van der Waals surface area contributed by atoms with Gasteiger partial charge in [-0.1, -0.05) is 36.4 Å². The van der Waals surface area contributed by atoms with E-state index in [0.717, 1.165) is 23.3 Å². The first-order valence-electron chi connectivity index (χ1n) is 8.75. The highest BCUT2D eigenvalue weighted by Gasteiger charge is 2.30. The van der Waals surface area contributed by atoms with Crippen molar-refractivity contribution in [3.8, 4) is 16.9 Å². The molecule has 2 amide bonds. The molecule has 0 fully saturated rings. The van der Waals surface area contributed by atoms with Gasteiger partial charge >= 0.3 is 12.2 Å². The molecule has 0 aliphatic heterocycles. The minimum Gasteiger partial charge on any atom is -0.496 e. The highest BCUT2D eigenvalue weighted by atomic mass is 19.4. The largest absolute Gasteiger partial charge is 0.496 e. The molecule has 0 spiro atoms. The van der Waals surface area contributed by atoms with Crippen molar-refractivity contribution in [2.24, 2.45) is 0 Å². The normalized spacial score (nSPS) is 11.1. The average molecular weight is 400 g/mol. The van der Waals surface area contributed by atoms with Gasteiger partial charge in [-0.15, -0.1) is 0 Å². The van der Waals surface area contributed by atoms with E-state index in [1.54, 1.807) is 12.1 Å². The Hall–Kier alpha value is -3.48. The molecule has 3 rings (SSSR count). The van der Waals surface area contributed by atoms with Crippen LogP contribution in [0.25, 0.3) is 11.1 Å². The fraction of sp³-hybridized carbons (Fsp3) is 0.136. The Balaban J connectivity index is 1.81. The quantitative estimate of drug-likeness (QED) is 0.579. The number of hydrogen-bond donors (Lipinski definition) is 1. The van der Waals surface area contributed by atoms with E-state index < -0.39 is 17.8 Å². The second-order valence-corrected chi connectivity index (χ2v) is 6.32. The molecule has 0 saturated carbocycles. The number of nitrogens with one attached hydrogen (secondary N) is 1. The van der Waals surface area contributed by atoms with Gasteiger partial charge in [-0.2, -0.15) is 13.2 Å². The molecule has 0 aromatic heterocycles. The SMILES string of the molecule is COc1cc(N(C)C(=O)Nc2cccc(C(F)(F)F)c2)ccc1-c1ccccc1. The Labute approximate surface area is 166 Å². The summed E-state index contributed by atoms with van der Waals surface area (Å²) in [4.78, 5) is 13.8. The minimum atomic E-state index is -4.48. The zero-order chi connectivity index (χ0) is 21.0. The number of nitrogens with zero attached hydrogens (tertiary/aromatic N) is 1. The lowest BCUT2D eigenvalue weighted by molar-refractivity contribution is -0.137. The number of urea groups is 1. The monoisotopic (exact) mass is 400 g/mol. The molecule has 3 aromatic rings. The molecule has 0 aliphatic carbocycles. The first-order chi connectivity index (χ1) is 13.8. The van der Waals surface area contributed by atoms with Crippen LogP contribution in [0.2, 0.25) is 0 Å². The van der Waals surface area contributed by atoms with Gasteiger partial charge in [0.15, 0.2) is 0 Å². The lowest BCUT2D eigenvalue weighted by atomic mass is 10.0. The van der Waals surface area contributed by atoms with Crippen LogP contribution in [0.4, 0.5) is 29.3 Å². The molecule has 1 N–H and O–H groups in total. The van der Waals surface area contributed by atoms with E-state index in [1.165, 1.54) is 31.2 Å². The number of halogens is 3. The van der Waals surface area contributed by atoms with Gasteiger partial charge in [0.05, 0.1) is 12.7 Å². The van der Waals surface area contributed by atoms with Crippen molar-refractivity contribution in [2.45, 2.75) is 6.18 Å². The molecule has 4 nitrogen and oxygen atoms in total. The smallest absolute Gasteiger partial charge is 0.416 e. The average Bonchev–Trinajstić information content (AvgIpc) is 2.73. The van der Waals surface area contributed by atoms with Gasteiger partial charge in [-0.25, -0.2) is 4.79 Å². The Morgan fingerprint density at radius 3 is 2.34 bits per heavy atom. The van der Waals surface area contributed by atoms with Crippen molar-refractivity contribution in [3.63, 3.8) is 0 Å². The number of methoxy groups -OCH3 is 1. The maximum absolute atomic E-state index is 12.9. The van der Waals surface area contributed by atoms with Crippen LogP contribution in [0.5, 0.6) is 5.75 Å². The van der Waals surface area contributed by atoms with Gasteiger partial charge in [0, 0.05) is 30.1 Å². The van der Waals surface area contributed by atoms with Gasteiger partial charge in [0.25, 0.3) is 0 Å². The molecule has 0 unspecified atom stereocenters. The number of hydrogen-bond acceptors (Lipinski definition) is 2. The molecule has 0 bridgehead atoms. The number of ether oxygens (including phenoxy) is 1. The Morgan fingerprint density at radius 1 is 0.966 bits per heavy atom. The van der Waals surface area contributed by atoms with Crippen molar-refractivity contribution in [2.75, 3.05) is 24.4 Å². The number of anilines is 2. The molecule has 150 valence electrons. The van der Waals surface area contributed by atoms with Crippen LogP contribution >= 0.6 is 0 Å². The Bertz CT molecular complexity index is 1000. The summed E-state index contributed by atoms with van der Waals surface area (Å²) in [5, 5.41) is 2.48. The molecule has 0 atom stereocenters. The van der Waals surface area contributed by atoms with Crippen LogP contribution in [0, 0.1) is 0 Å². The molecule has 7 heteroatoms. The van der Waals surface area contributed by atoms with E-state index in [-0.39, 0.29) is 5.69 Å². The predicted molar refractivity (Wildman–Crippen MR) is 107 cm³/mol. The summed E-state index contributed by atoms with van der Waals surface area (Å²) in [7, 11) is 3.06. The predicted octanol–water partition coefficient (Wildman–Crippen LogP) is 6.05. The number of benzene rings is 3. The zero-order valence-electron chi connectivity index (χ0n) is 15.8. The second kappa shape index (κ2) is 8.26. The third-order valence-corrected chi connectivity index (χ3v) is 4.40. The Kier molecular flexibility index (Phi) is 5.77. The second-order valence-electron chi connectivity index (χ2n) is 6.32. The number of rotatable bonds is 4. The van der Waals surface area contributed by atoms with Crippen LogP contribution in [0.3, 0.4) is 0 Å². The van der Waals surface area contributed by atoms with Gasteiger partial charge in [0.2, 0.25) is 0 Å². The van der Waals surface area contributed by atoms with Gasteiger partial charge in [0.1, 0.15) is 5.75 Å². The van der Waals surface area contributed by atoms with Crippen LogP contribution in [-0.2, 0) is 6.18 Å². The standard InChI is InChI=1S/C22H19F3N2O2/c1-27(21(28)26-17-10-6-9-16(13-17)22(23,24)25)18-11-12-19(20(14-18)29-2)15-7-4-3-5-8-15/h3-14H,1-2H3,(H,26,28). The van der Waals surface area contributed by atoms with Gasteiger partial charge in [-0.3, -0.25) is 4.90 Å². The van der Waals surface area contributed by atoms with Crippen molar-refractivity contribution in [1.29, 1.82) is 0 Å². The summed E-state index contributed by atoms with van der Waals surface area (Å²) in [5.41, 5.74) is 1.60. The summed E-state index contributed by atoms with van der Waals surface area (Å²) < 4.78 is 44.0. The molecule has 29 heavy (non-hydrogen) atoms. The molecule has 0 aliphatic rings. The van der Waals surface area contributed by atoms with E-state index in [0.29, 0.717) is 11.4 Å². The number of alkyl halides is 3. The van der Waals surface area contributed by atoms with Gasteiger partial charge < -0.3 is 10.1 Å². The molecular formula is C22H19F3N2O2. The lowest BCUT2D eigenvalue weighted by Crippen LogP contribution is -2.31. The van der Waals surface area contributed by atoms with E-state index in [9.17, 15) is 18.0 Å². The fourth-order valence-corrected chi connectivity index (χ4v) is 2.84. The van der Waals surface area contributed by atoms with Crippen molar-refractivity contribution >= 4 is 17.4 Å². The third-order valence-electron chi connectivity index (χ3n) is 4.40. The molecule has 3 aromatic carbocycles. The summed E-state index contributed by atoms with van der Waals surface area (Å²) in [6.07, 6.45) is -4.48. The first kappa shape index (κ1) is 20.3. The highest BCUT2D eigenvalue weighted by Crippen LogP contribution is 2.34. The molecular weight excluding hydrogens is 381 g/mol. The van der Waals surface area contributed by atoms with Crippen molar-refractivity contribution in [3.05, 3.63) is 78.4 Å². The van der Waals surface area contributed by atoms with Crippen molar-refractivity contribution < 1.29 is 22.7 Å². The minimum absolute atomic E-state index is 0.0598. The number of carbonyl (C=O) groups is 1. The van der Waals surface area contributed by atoms with Gasteiger partial charge in [-0.05, 0) is 35.9 Å². The molecule has 0 radical (unpaired) electrons. The lowest BCUT2D eigenvalue weighted by Gasteiger charge is -2.20. The van der Waals surface area contributed by atoms with E-state index in [2.05, 4.69) is 5.32 Å². The number of carbonyl (C=O) groups excluding carboxylic acids is 1. The number of amides is 2. The van der Waals surface area contributed by atoms with E-state index >= 15 is 0 Å². The summed E-state index contributed by atoms with van der Waals surface area (Å²) in [6, 6.07) is 18.8. The van der Waals surface area contributed by atoms with Crippen LogP contribution in [0.1, 0.15) is 5.56 Å². The molecule has 0 saturated heterocycles. The Morgan fingerprint density at radius 2 is 1.69 bits per heavy atom. The topological polar surface area (TPSA) is 41.6 Å². The summed E-state index contributed by atoms with van der Waals surface area (Å²) >= 11 is 0. The van der Waals surface area contributed by atoms with E-state index in [4.69, 9.17) is 4.74 Å².